The molecule has 2 N–H and O–H groups in total. The maximum absolute atomic E-state index is 12.1. The van der Waals surface area contributed by atoms with Gasteiger partial charge in [-0.15, -0.1) is 0 Å². The third-order valence-corrected chi connectivity index (χ3v) is 4.64. The van der Waals surface area contributed by atoms with Gasteiger partial charge in [-0.1, -0.05) is 31.2 Å². The van der Waals surface area contributed by atoms with Gasteiger partial charge in [0.25, 0.3) is 5.91 Å². The van der Waals surface area contributed by atoms with Crippen LogP contribution in [0.15, 0.2) is 24.3 Å². The predicted octanol–water partition coefficient (Wildman–Crippen LogP) is 1.06. The summed E-state index contributed by atoms with van der Waals surface area (Å²) < 4.78 is 0. The van der Waals surface area contributed by atoms with Crippen molar-refractivity contribution in [3.05, 3.63) is 35.4 Å². The van der Waals surface area contributed by atoms with Crippen molar-refractivity contribution in [1.29, 1.82) is 0 Å². The van der Waals surface area contributed by atoms with Crippen LogP contribution >= 0.6 is 0 Å². The van der Waals surface area contributed by atoms with Gasteiger partial charge in [0.1, 0.15) is 0 Å². The van der Waals surface area contributed by atoms with Crippen LogP contribution in [0.25, 0.3) is 0 Å². The van der Waals surface area contributed by atoms with Crippen LogP contribution in [-0.4, -0.2) is 53.8 Å². The van der Waals surface area contributed by atoms with Crippen molar-refractivity contribution in [2.24, 2.45) is 0 Å². The van der Waals surface area contributed by atoms with Crippen LogP contribution in [-0.2, 0) is 16.1 Å². The van der Waals surface area contributed by atoms with Crippen LogP contribution in [0.4, 0.5) is 0 Å². The highest BCUT2D eigenvalue weighted by molar-refractivity contribution is 5.84. The van der Waals surface area contributed by atoms with E-state index in [2.05, 4.69) is 51.8 Å². The predicted molar refractivity (Wildman–Crippen MR) is 94.1 cm³/mol. The summed E-state index contributed by atoms with van der Waals surface area (Å²) in [5, 5.41) is 0. The van der Waals surface area contributed by atoms with E-state index in [1.54, 1.807) is 6.92 Å². The molecule has 1 atom stereocenters. The lowest BCUT2D eigenvalue weighted by Crippen LogP contribution is -2.56. The van der Waals surface area contributed by atoms with Crippen molar-refractivity contribution in [2.75, 3.05) is 26.2 Å². The molecular formula is C18H28N4O2. The molecule has 6 nitrogen and oxygen atoms in total. The van der Waals surface area contributed by atoms with E-state index < -0.39 is 0 Å². The van der Waals surface area contributed by atoms with Crippen LogP contribution in [0.2, 0.25) is 0 Å². The molecule has 2 rings (SSSR count). The number of hydrogen-bond acceptors (Lipinski definition) is 4. The van der Waals surface area contributed by atoms with E-state index in [1.807, 2.05) is 6.92 Å². The first-order valence-electron chi connectivity index (χ1n) is 8.61. The highest BCUT2D eigenvalue weighted by Crippen LogP contribution is 2.13. The number of hydrogen-bond donors (Lipinski definition) is 2. The molecule has 0 aliphatic carbocycles. The van der Waals surface area contributed by atoms with Gasteiger partial charge in [0, 0.05) is 39.1 Å². The zero-order valence-electron chi connectivity index (χ0n) is 14.8. The Balaban J connectivity index is 1.78. The molecule has 1 aliphatic heterocycles. The van der Waals surface area contributed by atoms with Gasteiger partial charge in [-0.25, -0.2) is 0 Å². The average molecular weight is 332 g/mol. The molecule has 24 heavy (non-hydrogen) atoms. The molecule has 0 saturated carbocycles. The van der Waals surface area contributed by atoms with Crippen LogP contribution in [0, 0.1) is 6.92 Å². The number of rotatable bonds is 5. The SMILES string of the molecule is CCC(=O)NNC(=O)[C@H](C)N1CCN(Cc2ccccc2C)CC1. The molecule has 2 amide bonds. The summed E-state index contributed by atoms with van der Waals surface area (Å²) in [5.41, 5.74) is 7.60. The third-order valence-electron chi connectivity index (χ3n) is 4.64. The molecule has 1 aromatic carbocycles. The Hall–Kier alpha value is -1.92. The maximum Gasteiger partial charge on any atom is 0.255 e. The lowest BCUT2D eigenvalue weighted by molar-refractivity contribution is -0.132. The van der Waals surface area contributed by atoms with Crippen molar-refractivity contribution in [3.63, 3.8) is 0 Å². The first kappa shape index (κ1) is 18.4. The van der Waals surface area contributed by atoms with Gasteiger partial charge in [-0.3, -0.25) is 30.2 Å². The van der Waals surface area contributed by atoms with E-state index in [9.17, 15) is 9.59 Å². The molecule has 1 heterocycles. The monoisotopic (exact) mass is 332 g/mol. The summed E-state index contributed by atoms with van der Waals surface area (Å²) in [6, 6.07) is 8.21. The summed E-state index contributed by atoms with van der Waals surface area (Å²) in [6.45, 7) is 10.3. The maximum atomic E-state index is 12.1. The van der Waals surface area contributed by atoms with Crippen molar-refractivity contribution >= 4 is 11.8 Å². The normalized spacial score (nSPS) is 17.3. The fourth-order valence-electron chi connectivity index (χ4n) is 2.83. The minimum Gasteiger partial charge on any atom is -0.297 e. The Labute approximate surface area is 144 Å². The third kappa shape index (κ3) is 5.04. The molecule has 0 bridgehead atoms. The second-order valence-electron chi connectivity index (χ2n) is 6.31. The second kappa shape index (κ2) is 8.80. The zero-order chi connectivity index (χ0) is 17.5. The number of benzene rings is 1. The Bertz CT molecular complexity index is 568. The van der Waals surface area contributed by atoms with Crippen LogP contribution in [0.3, 0.4) is 0 Å². The topological polar surface area (TPSA) is 64.7 Å². The fourth-order valence-corrected chi connectivity index (χ4v) is 2.83. The first-order valence-corrected chi connectivity index (χ1v) is 8.61. The molecule has 1 aliphatic rings. The number of piperazine rings is 1. The fraction of sp³-hybridized carbons (Fsp3) is 0.556. The number of nitrogens with one attached hydrogen (secondary N) is 2. The van der Waals surface area contributed by atoms with Gasteiger partial charge in [0.05, 0.1) is 6.04 Å². The molecule has 0 radical (unpaired) electrons. The average Bonchev–Trinajstić information content (AvgIpc) is 2.61. The number of nitrogens with zero attached hydrogens (tertiary/aromatic N) is 2. The first-order chi connectivity index (χ1) is 11.5. The Morgan fingerprint density at radius 2 is 1.79 bits per heavy atom. The smallest absolute Gasteiger partial charge is 0.255 e. The van der Waals surface area contributed by atoms with Crippen LogP contribution < -0.4 is 10.9 Å². The summed E-state index contributed by atoms with van der Waals surface area (Å²) >= 11 is 0. The highest BCUT2D eigenvalue weighted by atomic mass is 16.2. The lowest BCUT2D eigenvalue weighted by Gasteiger charge is -2.37. The van der Waals surface area contributed by atoms with Crippen molar-refractivity contribution in [2.45, 2.75) is 39.8 Å². The Morgan fingerprint density at radius 1 is 1.12 bits per heavy atom. The molecule has 6 heteroatoms. The summed E-state index contributed by atoms with van der Waals surface area (Å²) in [4.78, 5) is 27.9. The van der Waals surface area contributed by atoms with Gasteiger partial charge in [0.15, 0.2) is 0 Å². The molecule has 1 aromatic rings. The zero-order valence-corrected chi connectivity index (χ0v) is 14.8. The summed E-state index contributed by atoms with van der Waals surface area (Å²) in [7, 11) is 0. The van der Waals surface area contributed by atoms with E-state index in [4.69, 9.17) is 0 Å². The van der Waals surface area contributed by atoms with E-state index in [0.717, 1.165) is 32.7 Å². The molecule has 1 saturated heterocycles. The molecule has 1 fully saturated rings. The second-order valence-corrected chi connectivity index (χ2v) is 6.31. The van der Waals surface area contributed by atoms with Crippen molar-refractivity contribution in [1.82, 2.24) is 20.7 Å². The van der Waals surface area contributed by atoms with Crippen LogP contribution in [0.5, 0.6) is 0 Å². The van der Waals surface area contributed by atoms with E-state index in [1.165, 1.54) is 11.1 Å². The number of carbonyl (C=O) groups is 2. The van der Waals surface area contributed by atoms with E-state index in [-0.39, 0.29) is 17.9 Å². The van der Waals surface area contributed by atoms with Gasteiger partial charge >= 0.3 is 0 Å². The lowest BCUT2D eigenvalue weighted by atomic mass is 10.1. The minimum atomic E-state index is -0.247. The van der Waals surface area contributed by atoms with Gasteiger partial charge in [0.2, 0.25) is 5.91 Å². The molecular weight excluding hydrogens is 304 g/mol. The highest BCUT2D eigenvalue weighted by Gasteiger charge is 2.25. The number of aryl methyl sites for hydroxylation is 1. The number of carbonyl (C=O) groups excluding carboxylic acids is 2. The Kier molecular flexibility index (Phi) is 6.75. The summed E-state index contributed by atoms with van der Waals surface area (Å²) in [6.07, 6.45) is 0.353. The quantitative estimate of drug-likeness (QED) is 0.792. The van der Waals surface area contributed by atoms with Crippen molar-refractivity contribution in [3.8, 4) is 0 Å². The molecule has 0 aromatic heterocycles. The van der Waals surface area contributed by atoms with Gasteiger partial charge < -0.3 is 0 Å². The molecule has 0 spiro atoms. The molecule has 132 valence electrons. The van der Waals surface area contributed by atoms with E-state index in [0.29, 0.717) is 6.42 Å². The van der Waals surface area contributed by atoms with E-state index >= 15 is 0 Å². The van der Waals surface area contributed by atoms with Crippen LogP contribution in [0.1, 0.15) is 31.4 Å². The number of hydrazine groups is 1. The number of amides is 2. The summed E-state index contributed by atoms with van der Waals surface area (Å²) in [5.74, 6) is -0.345. The Morgan fingerprint density at radius 3 is 2.42 bits per heavy atom. The minimum absolute atomic E-state index is 0.163. The standard InChI is InChI=1S/C18H28N4O2/c1-4-17(23)19-20-18(24)15(3)22-11-9-21(10-12-22)13-16-8-6-5-7-14(16)2/h5-8,15H,4,9-13H2,1-3H3,(H,19,23)(H,20,24)/t15-/m0/s1. The largest absolute Gasteiger partial charge is 0.297 e. The van der Waals surface area contributed by atoms with Gasteiger partial charge in [-0.05, 0) is 25.0 Å². The van der Waals surface area contributed by atoms with Crippen molar-refractivity contribution < 1.29 is 9.59 Å². The van der Waals surface area contributed by atoms with Gasteiger partial charge in [-0.2, -0.15) is 0 Å². The molecule has 0 unspecified atom stereocenters.